The molecule has 3 amide bonds. The van der Waals surface area contributed by atoms with Crippen molar-refractivity contribution in [3.8, 4) is 5.69 Å². The van der Waals surface area contributed by atoms with E-state index in [-0.39, 0.29) is 12.4 Å². The van der Waals surface area contributed by atoms with Crippen molar-refractivity contribution in [3.63, 3.8) is 0 Å². The van der Waals surface area contributed by atoms with E-state index in [4.69, 9.17) is 4.74 Å². The second-order valence-electron chi connectivity index (χ2n) is 5.64. The number of carbonyl (C=O) groups is 3. The van der Waals surface area contributed by atoms with E-state index >= 15 is 0 Å². The van der Waals surface area contributed by atoms with Crippen LogP contribution in [0.25, 0.3) is 5.69 Å². The standard InChI is InChI=1S/C16H16FN5O4/c1-9(14(23)21-8-7-18-16(21)25)26-15(24)13-19-10(2)22(20-13)12-5-3-11(17)4-6-12/h3-6,9H,7-8H2,1-2H3,(H,18,25). The van der Waals surface area contributed by atoms with E-state index in [1.807, 2.05) is 0 Å². The summed E-state index contributed by atoms with van der Waals surface area (Å²) < 4.78 is 19.5. The van der Waals surface area contributed by atoms with Crippen LogP contribution >= 0.6 is 0 Å². The maximum atomic E-state index is 13.0. The first-order valence-corrected chi connectivity index (χ1v) is 7.86. The average Bonchev–Trinajstić information content (AvgIpc) is 3.20. The molecule has 0 bridgehead atoms. The molecule has 1 aromatic carbocycles. The molecule has 0 saturated carbocycles. The number of hydrogen-bond donors (Lipinski definition) is 1. The molecule has 0 aliphatic carbocycles. The molecular formula is C16H16FN5O4. The fraction of sp³-hybridized carbons (Fsp3) is 0.312. The average molecular weight is 361 g/mol. The van der Waals surface area contributed by atoms with Crippen molar-refractivity contribution in [3.05, 3.63) is 41.7 Å². The van der Waals surface area contributed by atoms with Gasteiger partial charge in [-0.15, -0.1) is 5.10 Å². The zero-order valence-corrected chi connectivity index (χ0v) is 14.1. The van der Waals surface area contributed by atoms with Gasteiger partial charge in [0.15, 0.2) is 6.10 Å². The van der Waals surface area contributed by atoms with Gasteiger partial charge < -0.3 is 10.1 Å². The number of rotatable bonds is 4. The second-order valence-corrected chi connectivity index (χ2v) is 5.64. The predicted molar refractivity (Wildman–Crippen MR) is 86.0 cm³/mol. The van der Waals surface area contributed by atoms with E-state index in [1.165, 1.54) is 35.9 Å². The minimum atomic E-state index is -1.16. The van der Waals surface area contributed by atoms with Gasteiger partial charge in [-0.3, -0.25) is 9.69 Å². The Balaban J connectivity index is 1.72. The molecule has 0 spiro atoms. The number of nitrogens with one attached hydrogen (secondary N) is 1. The molecule has 1 aliphatic rings. The number of aryl methyl sites for hydroxylation is 1. The molecule has 1 saturated heterocycles. The fourth-order valence-corrected chi connectivity index (χ4v) is 2.47. The summed E-state index contributed by atoms with van der Waals surface area (Å²) in [6, 6.07) is 4.98. The molecule has 2 aromatic rings. The zero-order chi connectivity index (χ0) is 18.8. The highest BCUT2D eigenvalue weighted by molar-refractivity contribution is 5.99. The van der Waals surface area contributed by atoms with Crippen LogP contribution in [0.3, 0.4) is 0 Å². The quantitative estimate of drug-likeness (QED) is 0.808. The first-order chi connectivity index (χ1) is 12.4. The molecule has 1 aliphatic heterocycles. The van der Waals surface area contributed by atoms with Crippen molar-refractivity contribution in [2.45, 2.75) is 20.0 Å². The molecule has 10 heteroatoms. The molecule has 1 atom stereocenters. The number of esters is 1. The van der Waals surface area contributed by atoms with E-state index in [9.17, 15) is 18.8 Å². The van der Waals surface area contributed by atoms with Crippen LogP contribution in [-0.2, 0) is 9.53 Å². The van der Waals surface area contributed by atoms with Crippen molar-refractivity contribution >= 4 is 17.9 Å². The lowest BCUT2D eigenvalue weighted by Crippen LogP contribution is -2.41. The highest BCUT2D eigenvalue weighted by Crippen LogP contribution is 2.12. The Bertz CT molecular complexity index is 864. The highest BCUT2D eigenvalue weighted by atomic mass is 19.1. The monoisotopic (exact) mass is 361 g/mol. The Morgan fingerprint density at radius 3 is 2.62 bits per heavy atom. The van der Waals surface area contributed by atoms with Gasteiger partial charge >= 0.3 is 12.0 Å². The topological polar surface area (TPSA) is 106 Å². The van der Waals surface area contributed by atoms with E-state index in [0.717, 1.165) is 4.90 Å². The van der Waals surface area contributed by atoms with Crippen LogP contribution in [0.2, 0.25) is 0 Å². The van der Waals surface area contributed by atoms with Crippen molar-refractivity contribution in [2.75, 3.05) is 13.1 Å². The molecule has 1 aromatic heterocycles. The predicted octanol–water partition coefficient (Wildman–Crippen LogP) is 0.812. The van der Waals surface area contributed by atoms with E-state index in [2.05, 4.69) is 15.4 Å². The Kier molecular flexibility index (Phi) is 4.65. The second kappa shape index (κ2) is 6.90. The van der Waals surface area contributed by atoms with Gasteiger partial charge in [0.2, 0.25) is 0 Å². The minimum Gasteiger partial charge on any atom is -0.447 e. The summed E-state index contributed by atoms with van der Waals surface area (Å²) in [7, 11) is 0. The number of aromatic nitrogens is 3. The summed E-state index contributed by atoms with van der Waals surface area (Å²) in [5.41, 5.74) is 0.522. The Labute approximate surface area is 147 Å². The van der Waals surface area contributed by atoms with E-state index < -0.39 is 29.8 Å². The Hall–Kier alpha value is -3.30. The number of benzene rings is 1. The number of hydrogen-bond acceptors (Lipinski definition) is 6. The molecule has 1 N–H and O–H groups in total. The van der Waals surface area contributed by atoms with E-state index in [0.29, 0.717) is 18.1 Å². The normalized spacial score (nSPS) is 14.9. The number of imide groups is 1. The third-order valence-electron chi connectivity index (χ3n) is 3.78. The molecule has 2 heterocycles. The van der Waals surface area contributed by atoms with Crippen LogP contribution in [0.1, 0.15) is 23.4 Å². The van der Waals surface area contributed by atoms with Crippen molar-refractivity contribution in [1.82, 2.24) is 25.0 Å². The third kappa shape index (κ3) is 3.39. The summed E-state index contributed by atoms with van der Waals surface area (Å²) in [4.78, 5) is 40.9. The molecule has 9 nitrogen and oxygen atoms in total. The van der Waals surface area contributed by atoms with Crippen LogP contribution in [0.4, 0.5) is 9.18 Å². The number of amides is 3. The van der Waals surface area contributed by atoms with Crippen LogP contribution in [0, 0.1) is 12.7 Å². The van der Waals surface area contributed by atoms with E-state index in [1.54, 1.807) is 6.92 Å². The van der Waals surface area contributed by atoms with Crippen molar-refractivity contribution in [2.24, 2.45) is 0 Å². The number of ether oxygens (including phenoxy) is 1. The van der Waals surface area contributed by atoms with Gasteiger partial charge in [0.05, 0.1) is 5.69 Å². The Morgan fingerprint density at radius 1 is 1.31 bits per heavy atom. The third-order valence-corrected chi connectivity index (χ3v) is 3.78. The lowest BCUT2D eigenvalue weighted by atomic mass is 10.3. The fourth-order valence-electron chi connectivity index (χ4n) is 2.47. The van der Waals surface area contributed by atoms with Gasteiger partial charge in [-0.25, -0.2) is 23.6 Å². The van der Waals surface area contributed by atoms with Gasteiger partial charge in [0.25, 0.3) is 11.7 Å². The van der Waals surface area contributed by atoms with Crippen LogP contribution in [0.5, 0.6) is 0 Å². The number of halogens is 1. The number of nitrogens with zero attached hydrogens (tertiary/aromatic N) is 4. The van der Waals surface area contributed by atoms with Crippen LogP contribution in [0.15, 0.2) is 24.3 Å². The molecule has 1 fully saturated rings. The maximum absolute atomic E-state index is 13.0. The molecule has 1 unspecified atom stereocenters. The molecule has 3 rings (SSSR count). The van der Waals surface area contributed by atoms with Crippen LogP contribution in [-0.4, -0.2) is 56.8 Å². The maximum Gasteiger partial charge on any atom is 0.379 e. The van der Waals surface area contributed by atoms with Gasteiger partial charge in [0, 0.05) is 13.1 Å². The zero-order valence-electron chi connectivity index (χ0n) is 14.1. The number of urea groups is 1. The number of carbonyl (C=O) groups excluding carboxylic acids is 3. The van der Waals surface area contributed by atoms with Crippen molar-refractivity contribution in [1.29, 1.82) is 0 Å². The van der Waals surface area contributed by atoms with Gasteiger partial charge in [-0.05, 0) is 38.1 Å². The van der Waals surface area contributed by atoms with Crippen molar-refractivity contribution < 1.29 is 23.5 Å². The lowest BCUT2D eigenvalue weighted by Gasteiger charge is -2.17. The van der Waals surface area contributed by atoms with Gasteiger partial charge in [0.1, 0.15) is 11.6 Å². The van der Waals surface area contributed by atoms with Gasteiger partial charge in [-0.2, -0.15) is 0 Å². The Morgan fingerprint density at radius 2 is 2.00 bits per heavy atom. The molecule has 26 heavy (non-hydrogen) atoms. The SMILES string of the molecule is Cc1nc(C(=O)OC(C)C(=O)N2CCNC2=O)nn1-c1ccc(F)cc1. The summed E-state index contributed by atoms with van der Waals surface area (Å²) >= 11 is 0. The van der Waals surface area contributed by atoms with Crippen LogP contribution < -0.4 is 5.32 Å². The smallest absolute Gasteiger partial charge is 0.379 e. The van der Waals surface area contributed by atoms with Gasteiger partial charge in [-0.1, -0.05) is 0 Å². The molecule has 136 valence electrons. The summed E-state index contributed by atoms with van der Waals surface area (Å²) in [6.07, 6.45) is -1.16. The highest BCUT2D eigenvalue weighted by Gasteiger charge is 2.32. The summed E-state index contributed by atoms with van der Waals surface area (Å²) in [5.74, 6) is -1.76. The summed E-state index contributed by atoms with van der Waals surface area (Å²) in [5, 5.41) is 6.53. The first-order valence-electron chi connectivity index (χ1n) is 7.86. The first kappa shape index (κ1) is 17.5. The minimum absolute atomic E-state index is 0.218. The largest absolute Gasteiger partial charge is 0.447 e. The summed E-state index contributed by atoms with van der Waals surface area (Å²) in [6.45, 7) is 3.57. The lowest BCUT2D eigenvalue weighted by molar-refractivity contribution is -0.136. The molecule has 0 radical (unpaired) electrons. The molecular weight excluding hydrogens is 345 g/mol.